The molecule has 0 bridgehead atoms. The molecule has 0 spiro atoms. The second-order valence-electron chi connectivity index (χ2n) is 20.6. The van der Waals surface area contributed by atoms with Crippen molar-refractivity contribution in [3.63, 3.8) is 0 Å². The van der Waals surface area contributed by atoms with E-state index in [1.807, 2.05) is 0 Å². The normalized spacial score (nSPS) is 16.3. The van der Waals surface area contributed by atoms with E-state index in [0.717, 1.165) is 77.9 Å². The van der Waals surface area contributed by atoms with Gasteiger partial charge in [-0.3, -0.25) is 0 Å². The SMILES string of the molecule is CC(C)(C)C1=Cc2c(-c3ccccc3-c3cccc4ccccc34)cccc2[CH]1[Hf]([Cl])([Cl])([B](NC=O)NC=O)[CH]1C(C(C)(C)C)=Cc2c(-c3ccccc3-c3cccc4ccccc34)cccc21. The first-order valence-electron chi connectivity index (χ1n) is 23.5. The van der Waals surface area contributed by atoms with E-state index in [-0.39, 0.29) is 0 Å². The number of nitrogens with one attached hydrogen (secondary N) is 2. The van der Waals surface area contributed by atoms with Crippen molar-refractivity contribution < 1.29 is 25.5 Å². The fourth-order valence-electron chi connectivity index (χ4n) is 11.6. The van der Waals surface area contributed by atoms with E-state index >= 15 is 0 Å². The monoisotopic (exact) mass is 1100 g/mol. The van der Waals surface area contributed by atoms with E-state index < -0.39 is 38.7 Å². The molecule has 0 saturated carbocycles. The summed E-state index contributed by atoms with van der Waals surface area (Å²) >= 11 is -6.41. The minimum absolute atomic E-state index is 0.434. The summed E-state index contributed by atoms with van der Waals surface area (Å²) in [5.41, 5.74) is 14.3. The van der Waals surface area contributed by atoms with Gasteiger partial charge in [-0.1, -0.05) is 0 Å². The van der Waals surface area contributed by atoms with Gasteiger partial charge in [0.2, 0.25) is 0 Å². The molecule has 0 radical (unpaired) electrons. The van der Waals surface area contributed by atoms with Gasteiger partial charge >= 0.3 is 412 Å². The van der Waals surface area contributed by atoms with Crippen molar-refractivity contribution in [3.05, 3.63) is 203 Å². The standard InChI is InChI=1S/2C29H25.C2H3BN2O2.2ClH.Hf/c2*1-29(2,3)22-18-21-12-9-17-27(28(21)19-22)26-15-7-6-14-25(26)24-16-8-11-20-10-4-5-13-23(20)24;6-1-4-3-5-2-7;;;/h2*4-19H,1-3H3;1-2H,(H-,4,5,6,7);2*1H;/q;;;;;+1/p-1. The summed E-state index contributed by atoms with van der Waals surface area (Å²) in [7, 11) is 18.1. The Bertz CT molecular complexity index is 3170. The van der Waals surface area contributed by atoms with E-state index in [2.05, 4.69) is 234 Å². The molecular formula is C60H54BCl2HfN2O2. The number of rotatable bonds is 11. The zero-order valence-corrected chi connectivity index (χ0v) is 44.4. The number of benzene rings is 8. The Balaban J connectivity index is 1.24. The summed E-state index contributed by atoms with van der Waals surface area (Å²) in [5, 5.41) is 10.8. The molecule has 2 atom stereocenters. The van der Waals surface area contributed by atoms with Crippen LogP contribution in [-0.2, 0) is 25.5 Å². The maximum absolute atomic E-state index is 13.0. The van der Waals surface area contributed by atoms with Crippen molar-refractivity contribution in [2.24, 2.45) is 10.8 Å². The average Bonchev–Trinajstić information content (AvgIpc) is 3.97. The Hall–Kier alpha value is -5.78. The van der Waals surface area contributed by atoms with E-state index in [1.54, 1.807) is 0 Å². The first-order valence-corrected chi connectivity index (χ1v) is 38.6. The second-order valence-corrected chi connectivity index (χ2v) is 51.0. The van der Waals surface area contributed by atoms with E-state index in [9.17, 15) is 9.59 Å². The Morgan fingerprint density at radius 3 is 1.12 bits per heavy atom. The van der Waals surface area contributed by atoms with Crippen LogP contribution < -0.4 is 10.5 Å². The summed E-state index contributed by atoms with van der Waals surface area (Å²) in [5.74, 6) is 0. The Morgan fingerprint density at radius 1 is 0.426 bits per heavy atom. The molecule has 8 aromatic carbocycles. The van der Waals surface area contributed by atoms with Gasteiger partial charge in [0.1, 0.15) is 0 Å². The number of allylic oxidation sites excluding steroid dienone is 2. The van der Waals surface area contributed by atoms with Crippen LogP contribution in [0.1, 0.15) is 71.1 Å². The van der Waals surface area contributed by atoms with Crippen LogP contribution >= 0.6 is 17.2 Å². The number of halogens is 2. The predicted octanol–water partition coefficient (Wildman–Crippen LogP) is 15.8. The Morgan fingerprint density at radius 2 is 0.735 bits per heavy atom. The first-order chi connectivity index (χ1) is 32.6. The number of amides is 2. The second kappa shape index (κ2) is 17.3. The molecule has 2 aliphatic rings. The summed E-state index contributed by atoms with van der Waals surface area (Å²) in [6.45, 7) is 13.3. The topological polar surface area (TPSA) is 58.2 Å². The summed E-state index contributed by atoms with van der Waals surface area (Å²) < 4.78 is -2.12. The van der Waals surface area contributed by atoms with Gasteiger partial charge in [0.05, 0.1) is 0 Å². The fraction of sp³-hybridized carbons (Fsp3) is 0.167. The van der Waals surface area contributed by atoms with E-state index in [4.69, 9.17) is 17.2 Å². The maximum atomic E-state index is 13.0. The van der Waals surface area contributed by atoms with Crippen molar-refractivity contribution in [2.45, 2.75) is 48.9 Å². The molecule has 0 aromatic heterocycles. The zero-order chi connectivity index (χ0) is 47.6. The third-order valence-electron chi connectivity index (χ3n) is 14.6. The van der Waals surface area contributed by atoms with E-state index in [0.29, 0.717) is 12.8 Å². The predicted molar refractivity (Wildman–Crippen MR) is 286 cm³/mol. The fourth-order valence-corrected chi connectivity index (χ4v) is 41.8. The third-order valence-corrected chi connectivity index (χ3v) is 42.8. The van der Waals surface area contributed by atoms with Gasteiger partial charge < -0.3 is 0 Å². The molecule has 4 nitrogen and oxygen atoms in total. The molecular weight excluding hydrogens is 1040 g/mol. The number of hydrogen-bond donors (Lipinski definition) is 2. The van der Waals surface area contributed by atoms with Crippen LogP contribution in [0.4, 0.5) is 0 Å². The molecule has 2 unspecified atom stereocenters. The summed E-state index contributed by atoms with van der Waals surface area (Å²) in [4.78, 5) is 26.0. The molecule has 0 saturated heterocycles. The molecule has 10 rings (SSSR count). The average molecular weight is 1100 g/mol. The number of hydrogen-bond acceptors (Lipinski definition) is 2. The van der Waals surface area contributed by atoms with Crippen molar-refractivity contribution >= 4 is 68.2 Å². The summed E-state index contributed by atoms with van der Waals surface area (Å²) in [6.07, 6.45) is 5.92. The molecule has 0 fully saturated rings. The number of fused-ring (bicyclic) bond motifs is 4. The van der Waals surface area contributed by atoms with Crippen LogP contribution in [0.15, 0.2) is 181 Å². The zero-order valence-electron chi connectivity index (χ0n) is 39.3. The van der Waals surface area contributed by atoms with Gasteiger partial charge in [-0.05, 0) is 0 Å². The van der Waals surface area contributed by atoms with Crippen molar-refractivity contribution in [1.29, 1.82) is 0 Å². The number of carbonyl (C=O) groups is 2. The van der Waals surface area contributed by atoms with Gasteiger partial charge in [-0.15, -0.1) is 0 Å². The molecule has 2 aliphatic carbocycles. The molecule has 0 aliphatic heterocycles. The van der Waals surface area contributed by atoms with Crippen molar-refractivity contribution in [3.8, 4) is 44.5 Å². The van der Waals surface area contributed by atoms with Crippen molar-refractivity contribution in [2.75, 3.05) is 0 Å². The van der Waals surface area contributed by atoms with Gasteiger partial charge in [0, 0.05) is 0 Å². The van der Waals surface area contributed by atoms with Crippen LogP contribution in [0.2, 0.25) is 0 Å². The molecule has 2 N–H and O–H groups in total. The van der Waals surface area contributed by atoms with Gasteiger partial charge in [-0.25, -0.2) is 0 Å². The molecule has 2 amide bonds. The van der Waals surface area contributed by atoms with Crippen LogP contribution in [0.5, 0.6) is 0 Å². The number of carbonyl (C=O) groups excluding carboxylic acids is 2. The van der Waals surface area contributed by atoms with Gasteiger partial charge in [0.15, 0.2) is 0 Å². The molecule has 0 heterocycles. The van der Waals surface area contributed by atoms with Gasteiger partial charge in [-0.2, -0.15) is 0 Å². The minimum atomic E-state index is -6.41. The quantitative estimate of drug-likeness (QED) is 0.100. The van der Waals surface area contributed by atoms with Gasteiger partial charge in [0.25, 0.3) is 0 Å². The summed E-state index contributed by atoms with van der Waals surface area (Å²) in [6, 6.07) is 60.2. The molecule has 8 heteroatoms. The first kappa shape index (κ1) is 46.0. The van der Waals surface area contributed by atoms with Crippen LogP contribution in [0.3, 0.4) is 0 Å². The van der Waals surface area contributed by atoms with E-state index in [1.165, 1.54) is 21.5 Å². The van der Waals surface area contributed by atoms with Crippen LogP contribution in [-0.4, -0.2) is 17.4 Å². The Kier molecular flexibility index (Phi) is 11.7. The molecule has 8 aromatic rings. The van der Waals surface area contributed by atoms with Crippen LogP contribution in [0, 0.1) is 10.8 Å². The molecule has 68 heavy (non-hydrogen) atoms. The molecule has 337 valence electrons. The Labute approximate surface area is 408 Å². The van der Waals surface area contributed by atoms with Crippen LogP contribution in [0.25, 0.3) is 78.2 Å². The third kappa shape index (κ3) is 7.46. The van der Waals surface area contributed by atoms with Crippen molar-refractivity contribution in [1.82, 2.24) is 10.5 Å².